The topological polar surface area (TPSA) is 130 Å². The number of hydrogen-bond acceptors (Lipinski definition) is 10. The predicted octanol–water partition coefficient (Wildman–Crippen LogP) is 6.04. The van der Waals surface area contributed by atoms with Crippen LogP contribution >= 0.6 is 23.5 Å². The van der Waals surface area contributed by atoms with Gasteiger partial charge in [-0.2, -0.15) is 8.42 Å². The summed E-state index contributed by atoms with van der Waals surface area (Å²) < 4.78 is 34.6. The summed E-state index contributed by atoms with van der Waals surface area (Å²) in [7, 11) is -3.75. The molecule has 204 valence electrons. The predicted molar refractivity (Wildman–Crippen MR) is 155 cm³/mol. The molecule has 0 bridgehead atoms. The van der Waals surface area contributed by atoms with Crippen molar-refractivity contribution in [1.29, 1.82) is 0 Å². The van der Waals surface area contributed by atoms with Crippen LogP contribution in [0.15, 0.2) is 73.2 Å². The molecule has 2 aliphatic heterocycles. The number of nitrogens with one attached hydrogen (secondary N) is 1. The van der Waals surface area contributed by atoms with Crippen LogP contribution in [0.25, 0.3) is 21.7 Å². The van der Waals surface area contributed by atoms with E-state index in [1.165, 1.54) is 0 Å². The minimum absolute atomic E-state index is 0.0462. The van der Waals surface area contributed by atoms with Gasteiger partial charge < -0.3 is 19.1 Å². The van der Waals surface area contributed by atoms with Crippen LogP contribution in [0, 0.1) is 0 Å². The molecule has 3 aromatic rings. The number of benzene rings is 2. The second-order valence-corrected chi connectivity index (χ2v) is 12.8. The Morgan fingerprint density at radius 1 is 1.15 bits per heavy atom. The Balaban J connectivity index is 1.48. The molecule has 2 aromatic carbocycles. The van der Waals surface area contributed by atoms with Crippen molar-refractivity contribution in [3.63, 3.8) is 0 Å². The minimum atomic E-state index is -3.75. The average molecular weight is 585 g/mol. The first kappa shape index (κ1) is 27.5. The molecule has 0 aliphatic carbocycles. The lowest BCUT2D eigenvalue weighted by atomic mass is 10.1. The van der Waals surface area contributed by atoms with Crippen molar-refractivity contribution in [2.75, 3.05) is 49.3 Å². The minimum Gasteiger partial charge on any atom is -0.382 e. The van der Waals surface area contributed by atoms with E-state index in [0.29, 0.717) is 38.5 Å². The second-order valence-electron chi connectivity index (χ2n) is 9.10. The van der Waals surface area contributed by atoms with Crippen LogP contribution in [0.3, 0.4) is 0 Å². The van der Waals surface area contributed by atoms with Crippen LogP contribution in [0.5, 0.6) is 5.88 Å². The molecule has 1 atom stereocenters. The first-order valence-electron chi connectivity index (χ1n) is 12.5. The van der Waals surface area contributed by atoms with Gasteiger partial charge in [-0.25, -0.2) is 4.98 Å². The molecule has 0 amide bonds. The van der Waals surface area contributed by atoms with E-state index in [1.54, 1.807) is 29.6 Å². The van der Waals surface area contributed by atoms with E-state index in [4.69, 9.17) is 14.5 Å². The molecule has 5 rings (SSSR count). The van der Waals surface area contributed by atoms with Gasteiger partial charge in [-0.15, -0.1) is 0 Å². The third-order valence-electron chi connectivity index (χ3n) is 6.26. The van der Waals surface area contributed by atoms with Crippen LogP contribution in [0.2, 0.25) is 0 Å². The highest BCUT2D eigenvalue weighted by molar-refractivity contribution is 8.05. The number of azide groups is 1. The zero-order chi connectivity index (χ0) is 27.4. The molecule has 0 spiro atoms. The Morgan fingerprint density at radius 2 is 1.97 bits per heavy atom. The quantitative estimate of drug-likeness (QED) is 0.108. The van der Waals surface area contributed by atoms with E-state index in [2.05, 4.69) is 50.3 Å². The highest BCUT2D eigenvalue weighted by Gasteiger charge is 2.24. The van der Waals surface area contributed by atoms with Gasteiger partial charge in [-0.1, -0.05) is 47.7 Å². The number of hydrogen-bond donors (Lipinski definition) is 1. The summed E-state index contributed by atoms with van der Waals surface area (Å²) in [5, 5.41) is 7.17. The van der Waals surface area contributed by atoms with E-state index in [-0.39, 0.29) is 11.9 Å². The van der Waals surface area contributed by atoms with Gasteiger partial charge in [0.1, 0.15) is 0 Å². The molecule has 2 aliphatic rings. The number of aromatic nitrogens is 1. The van der Waals surface area contributed by atoms with Crippen LogP contribution in [-0.2, 0) is 14.9 Å². The maximum Gasteiger partial charge on any atom is 0.307 e. The lowest BCUT2D eigenvalue weighted by Crippen LogP contribution is -2.36. The van der Waals surface area contributed by atoms with Crippen molar-refractivity contribution >= 4 is 45.0 Å². The fraction of sp³-hybridized carbons (Fsp3) is 0.346. The Bertz CT molecular complexity index is 1520. The summed E-state index contributed by atoms with van der Waals surface area (Å²) >= 11 is 3.34. The molecule has 1 fully saturated rings. The fourth-order valence-electron chi connectivity index (χ4n) is 4.37. The molecular weight excluding hydrogens is 557 g/mol. The monoisotopic (exact) mass is 584 g/mol. The molecule has 0 saturated carbocycles. The largest absolute Gasteiger partial charge is 0.382 e. The average Bonchev–Trinajstić information content (AvgIpc) is 2.93. The molecule has 1 N–H and O–H groups in total. The first-order chi connectivity index (χ1) is 18.8. The fourth-order valence-corrected chi connectivity index (χ4v) is 7.18. The molecule has 0 radical (unpaired) electrons. The van der Waals surface area contributed by atoms with Gasteiger partial charge in [0, 0.05) is 73.2 Å². The highest BCUT2D eigenvalue weighted by Crippen LogP contribution is 2.52. The van der Waals surface area contributed by atoms with Crippen LogP contribution < -0.4 is 14.4 Å². The molecule has 1 aromatic heterocycles. The lowest BCUT2D eigenvalue weighted by Gasteiger charge is -2.29. The molecule has 13 heteroatoms. The smallest absolute Gasteiger partial charge is 0.307 e. The van der Waals surface area contributed by atoms with Crippen LogP contribution in [-0.4, -0.2) is 58.5 Å². The summed E-state index contributed by atoms with van der Waals surface area (Å²) in [4.78, 5) is 14.0. The normalized spacial score (nSPS) is 15.5. The van der Waals surface area contributed by atoms with E-state index < -0.39 is 10.1 Å². The summed E-state index contributed by atoms with van der Waals surface area (Å²) in [6.07, 6.45) is 1.86. The van der Waals surface area contributed by atoms with Crippen molar-refractivity contribution in [3.05, 3.63) is 59.0 Å². The number of pyridine rings is 1. The number of ether oxygens (including phenoxy) is 1. The van der Waals surface area contributed by atoms with Crippen LogP contribution in [0.4, 0.5) is 11.4 Å². The van der Waals surface area contributed by atoms with Gasteiger partial charge in [0.05, 0.1) is 25.2 Å². The van der Waals surface area contributed by atoms with Gasteiger partial charge in [-0.3, -0.25) is 0 Å². The standard InChI is InChI=1S/C26H28N6O4S3/c1-3-17(16-28-31-27)29-18-7-8-22-24(13-18)37-23-6-4-5-20(26(23)38-22)21-14-19(32-9-11-35-12-10-32)15-25(30-21)36-39(2,33)34/h4-8,13-15,17,29H,3,9-12,16H2,1-2H3. The maximum absolute atomic E-state index is 11.9. The van der Waals surface area contributed by atoms with E-state index >= 15 is 0 Å². The van der Waals surface area contributed by atoms with Crippen molar-refractivity contribution in [3.8, 4) is 17.1 Å². The zero-order valence-electron chi connectivity index (χ0n) is 21.5. The molecule has 3 heterocycles. The summed E-state index contributed by atoms with van der Waals surface area (Å²) in [6.45, 7) is 5.05. The number of nitrogens with zero attached hydrogens (tertiary/aromatic N) is 5. The van der Waals surface area contributed by atoms with E-state index in [0.717, 1.165) is 49.2 Å². The second kappa shape index (κ2) is 12.0. The molecular formula is C26H28N6O4S3. The van der Waals surface area contributed by atoms with Crippen molar-refractivity contribution in [2.24, 2.45) is 5.11 Å². The van der Waals surface area contributed by atoms with Gasteiger partial charge in [0.2, 0.25) is 5.88 Å². The Hall–Kier alpha value is -3.09. The SMILES string of the molecule is CCC(CN=[N+]=[N-])Nc1ccc2c(c1)Sc1cccc(-c3cc(N4CCOCC4)cc(OS(C)(=O)=O)n3)c1S2. The Labute approximate surface area is 236 Å². The summed E-state index contributed by atoms with van der Waals surface area (Å²) in [5.74, 6) is 0.0462. The Kier molecular flexibility index (Phi) is 8.43. The third kappa shape index (κ3) is 6.74. The number of anilines is 2. The molecule has 1 saturated heterocycles. The molecule has 1 unspecified atom stereocenters. The number of morpholine rings is 1. The zero-order valence-corrected chi connectivity index (χ0v) is 24.0. The highest BCUT2D eigenvalue weighted by atomic mass is 32.2. The Morgan fingerprint density at radius 3 is 2.72 bits per heavy atom. The van der Waals surface area contributed by atoms with Gasteiger partial charge in [0.15, 0.2) is 0 Å². The van der Waals surface area contributed by atoms with E-state index in [1.807, 2.05) is 24.3 Å². The first-order valence-corrected chi connectivity index (χ1v) is 15.9. The van der Waals surface area contributed by atoms with Gasteiger partial charge in [0.25, 0.3) is 0 Å². The van der Waals surface area contributed by atoms with Crippen molar-refractivity contribution in [1.82, 2.24) is 4.98 Å². The summed E-state index contributed by atoms with van der Waals surface area (Å²) in [6, 6.07) is 16.0. The third-order valence-corrected chi connectivity index (χ3v) is 9.33. The molecule has 10 nitrogen and oxygen atoms in total. The molecule has 39 heavy (non-hydrogen) atoms. The van der Waals surface area contributed by atoms with Gasteiger partial charge in [-0.05, 0) is 42.3 Å². The van der Waals surface area contributed by atoms with Crippen molar-refractivity contribution < 1.29 is 17.3 Å². The summed E-state index contributed by atoms with van der Waals surface area (Å²) in [5.41, 5.74) is 12.0. The lowest BCUT2D eigenvalue weighted by molar-refractivity contribution is 0.122. The van der Waals surface area contributed by atoms with E-state index in [9.17, 15) is 8.42 Å². The van der Waals surface area contributed by atoms with Gasteiger partial charge >= 0.3 is 10.1 Å². The maximum atomic E-state index is 11.9. The van der Waals surface area contributed by atoms with Crippen molar-refractivity contribution in [2.45, 2.75) is 39.0 Å². The van der Waals surface area contributed by atoms with Crippen LogP contribution in [0.1, 0.15) is 13.3 Å². The number of rotatable bonds is 9. The number of fused-ring (bicyclic) bond motifs is 2.